The van der Waals surface area contributed by atoms with Crippen LogP contribution in [0.15, 0.2) is 53.3 Å². The van der Waals surface area contributed by atoms with Gasteiger partial charge in [-0.25, -0.2) is 9.89 Å². The van der Waals surface area contributed by atoms with Crippen molar-refractivity contribution in [3.05, 3.63) is 58.9 Å². The van der Waals surface area contributed by atoms with E-state index >= 15 is 0 Å². The van der Waals surface area contributed by atoms with E-state index < -0.39 is 5.60 Å². The van der Waals surface area contributed by atoms with Crippen LogP contribution in [0.2, 0.25) is 0 Å². The second kappa shape index (κ2) is 11.6. The summed E-state index contributed by atoms with van der Waals surface area (Å²) in [5.41, 5.74) is 1.33. The van der Waals surface area contributed by atoms with Crippen LogP contribution in [-0.2, 0) is 9.53 Å². The Labute approximate surface area is 205 Å². The summed E-state index contributed by atoms with van der Waals surface area (Å²) < 4.78 is 5.47. The Kier molecular flexibility index (Phi) is 8.63. The van der Waals surface area contributed by atoms with Crippen molar-refractivity contribution in [2.45, 2.75) is 59.0 Å². The Morgan fingerprint density at radius 1 is 1.03 bits per heavy atom. The molecule has 0 spiro atoms. The van der Waals surface area contributed by atoms with Crippen LogP contribution in [0.1, 0.15) is 53.4 Å². The Morgan fingerprint density at radius 2 is 1.77 bits per heavy atom. The summed E-state index contributed by atoms with van der Waals surface area (Å²) in [7, 11) is 0. The van der Waals surface area contributed by atoms with Gasteiger partial charge in [0.1, 0.15) is 5.60 Å². The predicted octanol–water partition coefficient (Wildman–Crippen LogP) is 5.35. The molecular formula is C27H34N4O4. The number of anilines is 1. The number of aromatic nitrogens is 2. The van der Waals surface area contributed by atoms with Gasteiger partial charge in [-0.15, -0.1) is 0 Å². The van der Waals surface area contributed by atoms with Crippen LogP contribution < -0.4 is 10.9 Å². The lowest BCUT2D eigenvalue weighted by atomic mass is 10.0. The predicted molar refractivity (Wildman–Crippen MR) is 138 cm³/mol. The van der Waals surface area contributed by atoms with Crippen LogP contribution in [0.3, 0.4) is 0 Å². The molecule has 0 fully saturated rings. The molecule has 0 aliphatic heterocycles. The lowest BCUT2D eigenvalue weighted by Gasteiger charge is -2.27. The number of unbranched alkanes of at least 4 members (excludes halogenated alkanes) is 1. The average molecular weight is 479 g/mol. The minimum atomic E-state index is -0.533. The van der Waals surface area contributed by atoms with Gasteiger partial charge in [0.25, 0.3) is 5.56 Å². The highest BCUT2D eigenvalue weighted by Gasteiger charge is 2.21. The second-order valence-electron chi connectivity index (χ2n) is 9.50. The Morgan fingerprint density at radius 3 is 2.49 bits per heavy atom. The van der Waals surface area contributed by atoms with Gasteiger partial charge < -0.3 is 15.0 Å². The number of amides is 2. The highest BCUT2D eigenvalue weighted by molar-refractivity contribution is 5.95. The van der Waals surface area contributed by atoms with Gasteiger partial charge in [-0.05, 0) is 58.2 Å². The number of aromatic amines is 1. The average Bonchev–Trinajstić information content (AvgIpc) is 2.80. The van der Waals surface area contributed by atoms with Crippen molar-refractivity contribution in [2.24, 2.45) is 0 Å². The number of fused-ring (bicyclic) bond motifs is 1. The zero-order chi connectivity index (χ0) is 25.4. The zero-order valence-corrected chi connectivity index (χ0v) is 20.9. The number of nitrogens with one attached hydrogen (secondary N) is 2. The van der Waals surface area contributed by atoms with Crippen LogP contribution in [0.5, 0.6) is 0 Å². The van der Waals surface area contributed by atoms with E-state index in [4.69, 9.17) is 4.74 Å². The maximum atomic E-state index is 12.5. The van der Waals surface area contributed by atoms with Crippen molar-refractivity contribution >= 4 is 28.5 Å². The van der Waals surface area contributed by atoms with Crippen molar-refractivity contribution in [2.75, 3.05) is 18.4 Å². The van der Waals surface area contributed by atoms with Gasteiger partial charge in [0, 0.05) is 36.1 Å². The summed E-state index contributed by atoms with van der Waals surface area (Å²) in [5.74, 6) is -0.0965. The van der Waals surface area contributed by atoms with Crippen molar-refractivity contribution in [3.63, 3.8) is 0 Å². The van der Waals surface area contributed by atoms with Crippen molar-refractivity contribution in [1.29, 1.82) is 0 Å². The molecule has 0 saturated heterocycles. The molecule has 0 bridgehead atoms. The van der Waals surface area contributed by atoms with Crippen molar-refractivity contribution in [3.8, 4) is 11.3 Å². The second-order valence-corrected chi connectivity index (χ2v) is 9.50. The SMILES string of the molecule is CCCN(CCCCC(=O)Nc1cccc(-c2n[nH]c(=O)c3ccccc23)c1)C(=O)OC(C)(C)C. The Hall–Kier alpha value is -3.68. The Balaban J connectivity index is 1.57. The minimum Gasteiger partial charge on any atom is -0.444 e. The number of hydrogen-bond donors (Lipinski definition) is 2. The van der Waals surface area contributed by atoms with Gasteiger partial charge in [-0.1, -0.05) is 37.3 Å². The first-order valence-corrected chi connectivity index (χ1v) is 12.0. The number of hydrogen-bond acceptors (Lipinski definition) is 5. The number of benzene rings is 2. The molecule has 2 aromatic carbocycles. The molecule has 2 amide bonds. The van der Waals surface area contributed by atoms with E-state index in [0.717, 1.165) is 17.4 Å². The first kappa shape index (κ1) is 25.9. The van der Waals surface area contributed by atoms with Crippen LogP contribution in [0.4, 0.5) is 10.5 Å². The molecule has 8 nitrogen and oxygen atoms in total. The third-order valence-electron chi connectivity index (χ3n) is 5.34. The highest BCUT2D eigenvalue weighted by Crippen LogP contribution is 2.26. The summed E-state index contributed by atoms with van der Waals surface area (Å²) in [6.45, 7) is 8.75. The van der Waals surface area contributed by atoms with Gasteiger partial charge in [-0.3, -0.25) is 9.59 Å². The van der Waals surface area contributed by atoms with Gasteiger partial charge in [0.2, 0.25) is 5.91 Å². The van der Waals surface area contributed by atoms with Gasteiger partial charge in [-0.2, -0.15) is 5.10 Å². The number of nitrogens with zero attached hydrogens (tertiary/aromatic N) is 2. The molecule has 35 heavy (non-hydrogen) atoms. The molecule has 0 radical (unpaired) electrons. The molecule has 1 aromatic heterocycles. The molecular weight excluding hydrogens is 444 g/mol. The van der Waals surface area contributed by atoms with Gasteiger partial charge in [0.05, 0.1) is 11.1 Å². The van der Waals surface area contributed by atoms with E-state index in [0.29, 0.717) is 49.1 Å². The van der Waals surface area contributed by atoms with Crippen LogP contribution in [0.25, 0.3) is 22.0 Å². The maximum absolute atomic E-state index is 12.5. The summed E-state index contributed by atoms with van der Waals surface area (Å²) in [6, 6.07) is 14.7. The minimum absolute atomic E-state index is 0.0965. The quantitative estimate of drug-likeness (QED) is 0.404. The molecule has 0 aliphatic rings. The fourth-order valence-electron chi connectivity index (χ4n) is 3.78. The summed E-state index contributed by atoms with van der Waals surface area (Å²) in [6.07, 6.45) is 2.23. The van der Waals surface area contributed by atoms with E-state index in [1.807, 2.05) is 70.2 Å². The maximum Gasteiger partial charge on any atom is 0.410 e. The summed E-state index contributed by atoms with van der Waals surface area (Å²) >= 11 is 0. The van der Waals surface area contributed by atoms with Crippen LogP contribution in [0, 0.1) is 0 Å². The van der Waals surface area contributed by atoms with Crippen molar-refractivity contribution < 1.29 is 14.3 Å². The normalized spacial score (nSPS) is 11.3. The van der Waals surface area contributed by atoms with E-state index in [-0.39, 0.29) is 17.6 Å². The molecule has 186 valence electrons. The molecule has 2 N–H and O–H groups in total. The first-order valence-electron chi connectivity index (χ1n) is 12.0. The first-order chi connectivity index (χ1) is 16.7. The topological polar surface area (TPSA) is 104 Å². The van der Waals surface area contributed by atoms with Gasteiger partial charge in [0.15, 0.2) is 0 Å². The Bertz CT molecular complexity index is 1230. The molecule has 1 heterocycles. The largest absolute Gasteiger partial charge is 0.444 e. The van der Waals surface area contributed by atoms with E-state index in [1.165, 1.54) is 0 Å². The summed E-state index contributed by atoms with van der Waals surface area (Å²) in [4.78, 5) is 38.7. The van der Waals surface area contributed by atoms with Crippen molar-refractivity contribution in [1.82, 2.24) is 15.1 Å². The highest BCUT2D eigenvalue weighted by atomic mass is 16.6. The number of carbonyl (C=O) groups excluding carboxylic acids is 2. The number of H-pyrrole nitrogens is 1. The van der Waals surface area contributed by atoms with Crippen LogP contribution >= 0.6 is 0 Å². The third-order valence-corrected chi connectivity index (χ3v) is 5.34. The molecule has 3 aromatic rings. The summed E-state index contributed by atoms with van der Waals surface area (Å²) in [5, 5.41) is 11.0. The monoisotopic (exact) mass is 478 g/mol. The number of carbonyl (C=O) groups is 2. The lowest BCUT2D eigenvalue weighted by molar-refractivity contribution is -0.116. The van der Waals surface area contributed by atoms with E-state index in [1.54, 1.807) is 11.0 Å². The van der Waals surface area contributed by atoms with E-state index in [9.17, 15) is 14.4 Å². The molecule has 0 aliphatic carbocycles. The fourth-order valence-corrected chi connectivity index (χ4v) is 3.78. The molecule has 0 atom stereocenters. The lowest BCUT2D eigenvalue weighted by Crippen LogP contribution is -2.37. The third kappa shape index (κ3) is 7.40. The van der Waals surface area contributed by atoms with Crippen LogP contribution in [-0.4, -0.2) is 45.8 Å². The molecule has 8 heteroatoms. The number of ether oxygens (including phenoxy) is 1. The van der Waals surface area contributed by atoms with Gasteiger partial charge >= 0.3 is 6.09 Å². The smallest absolute Gasteiger partial charge is 0.410 e. The fraction of sp³-hybridized carbons (Fsp3) is 0.407. The molecule has 3 rings (SSSR count). The zero-order valence-electron chi connectivity index (χ0n) is 20.9. The molecule has 0 unspecified atom stereocenters. The molecule has 0 saturated carbocycles. The van der Waals surface area contributed by atoms with E-state index in [2.05, 4.69) is 15.5 Å². The standard InChI is InChI=1S/C27H34N4O4/c1-5-16-31(26(34)35-27(2,3)4)17-9-8-15-23(32)28-20-12-10-11-19(18-20)24-21-13-6-7-14-22(21)25(33)30-29-24/h6-7,10-14,18H,5,8-9,15-17H2,1-4H3,(H,28,32)(H,30,33). The number of rotatable bonds is 9.